The zero-order chi connectivity index (χ0) is 17.2. The molecule has 0 aromatic heterocycles. The molecule has 0 radical (unpaired) electrons. The fraction of sp³-hybridized carbons (Fsp3) is 0.350. The molecule has 0 bridgehead atoms. The summed E-state index contributed by atoms with van der Waals surface area (Å²) in [5.41, 5.74) is 2.14. The van der Waals surface area contributed by atoms with E-state index in [0.29, 0.717) is 12.5 Å². The smallest absolute Gasteiger partial charge is 0.258 e. The van der Waals surface area contributed by atoms with Crippen LogP contribution in [0.15, 0.2) is 54.6 Å². The molecular formula is C20H26N2O2. The van der Waals surface area contributed by atoms with Gasteiger partial charge >= 0.3 is 0 Å². The summed E-state index contributed by atoms with van der Waals surface area (Å²) in [6, 6.07) is 17.7. The van der Waals surface area contributed by atoms with Crippen molar-refractivity contribution in [1.29, 1.82) is 0 Å². The topological polar surface area (TPSA) is 50.4 Å². The quantitative estimate of drug-likeness (QED) is 0.744. The molecule has 1 amide bonds. The van der Waals surface area contributed by atoms with Crippen LogP contribution in [0.2, 0.25) is 0 Å². The highest BCUT2D eigenvalue weighted by atomic mass is 16.5. The Kier molecular flexibility index (Phi) is 7.30. The highest BCUT2D eigenvalue weighted by Crippen LogP contribution is 2.17. The molecule has 2 rings (SSSR count). The Morgan fingerprint density at radius 3 is 2.46 bits per heavy atom. The first kappa shape index (κ1) is 18.0. The van der Waals surface area contributed by atoms with E-state index in [1.54, 1.807) is 0 Å². The summed E-state index contributed by atoms with van der Waals surface area (Å²) in [5.74, 6) is 1.23. The molecule has 0 aliphatic carbocycles. The van der Waals surface area contributed by atoms with Crippen molar-refractivity contribution in [1.82, 2.24) is 10.6 Å². The number of hydrogen-bond acceptors (Lipinski definition) is 3. The molecule has 0 atom stereocenters. The number of carbonyl (C=O) groups is 1. The van der Waals surface area contributed by atoms with Gasteiger partial charge in [-0.05, 0) is 24.1 Å². The summed E-state index contributed by atoms with van der Waals surface area (Å²) >= 11 is 0. The molecule has 0 fully saturated rings. The first-order valence-electron chi connectivity index (χ1n) is 8.37. The molecule has 0 saturated carbocycles. The van der Waals surface area contributed by atoms with Gasteiger partial charge in [0.15, 0.2) is 6.61 Å². The Morgan fingerprint density at radius 1 is 1.00 bits per heavy atom. The minimum atomic E-state index is -0.121. The van der Waals surface area contributed by atoms with Gasteiger partial charge in [0.05, 0.1) is 0 Å². The number of carbonyl (C=O) groups excluding carboxylic acids is 1. The van der Waals surface area contributed by atoms with E-state index in [0.717, 1.165) is 30.0 Å². The molecule has 2 aromatic rings. The van der Waals surface area contributed by atoms with Crippen LogP contribution in [0.1, 0.15) is 25.0 Å². The maximum Gasteiger partial charge on any atom is 0.258 e. The van der Waals surface area contributed by atoms with Gasteiger partial charge in [0.25, 0.3) is 5.91 Å². The Hall–Kier alpha value is -2.33. The molecule has 0 saturated heterocycles. The summed E-state index contributed by atoms with van der Waals surface area (Å²) in [6.07, 6.45) is 0. The zero-order valence-corrected chi connectivity index (χ0v) is 14.4. The monoisotopic (exact) mass is 326 g/mol. The predicted molar refractivity (Wildman–Crippen MR) is 96.8 cm³/mol. The number of ether oxygens (including phenoxy) is 1. The van der Waals surface area contributed by atoms with E-state index in [1.165, 1.54) is 0 Å². The summed E-state index contributed by atoms with van der Waals surface area (Å²) < 4.78 is 5.69. The van der Waals surface area contributed by atoms with E-state index < -0.39 is 0 Å². The number of para-hydroxylation sites is 1. The molecule has 2 aromatic carbocycles. The Bertz CT molecular complexity index is 627. The van der Waals surface area contributed by atoms with Crippen LogP contribution in [-0.2, 0) is 17.9 Å². The lowest BCUT2D eigenvalue weighted by Gasteiger charge is -2.13. The van der Waals surface area contributed by atoms with Gasteiger partial charge in [-0.2, -0.15) is 0 Å². The van der Waals surface area contributed by atoms with Crippen LogP contribution >= 0.6 is 0 Å². The Labute approximate surface area is 144 Å². The van der Waals surface area contributed by atoms with Gasteiger partial charge in [-0.3, -0.25) is 4.79 Å². The molecule has 0 spiro atoms. The van der Waals surface area contributed by atoms with Crippen LogP contribution in [0.25, 0.3) is 0 Å². The van der Waals surface area contributed by atoms with Crippen molar-refractivity contribution >= 4 is 5.91 Å². The van der Waals surface area contributed by atoms with E-state index in [-0.39, 0.29) is 12.5 Å². The lowest BCUT2D eigenvalue weighted by Crippen LogP contribution is -2.28. The maximum absolute atomic E-state index is 12.0. The van der Waals surface area contributed by atoms with Gasteiger partial charge in [-0.25, -0.2) is 0 Å². The summed E-state index contributed by atoms with van der Waals surface area (Å²) in [4.78, 5) is 12.0. The molecule has 0 heterocycles. The first-order valence-corrected chi connectivity index (χ1v) is 8.37. The second-order valence-electron chi connectivity index (χ2n) is 6.18. The van der Waals surface area contributed by atoms with Crippen molar-refractivity contribution in [3.05, 3.63) is 65.7 Å². The third-order valence-electron chi connectivity index (χ3n) is 3.53. The van der Waals surface area contributed by atoms with Gasteiger partial charge in [0.1, 0.15) is 5.75 Å². The fourth-order valence-corrected chi connectivity index (χ4v) is 2.28. The molecule has 2 N–H and O–H groups in total. The van der Waals surface area contributed by atoms with Crippen LogP contribution in [0, 0.1) is 5.92 Å². The normalized spacial score (nSPS) is 10.6. The standard InChI is InChI=1S/C20H26N2O2/c1-16(2)12-21-14-18-10-6-7-11-19(18)24-15-20(23)22-13-17-8-4-3-5-9-17/h3-11,16,21H,12-15H2,1-2H3,(H,22,23). The second-order valence-corrected chi connectivity index (χ2v) is 6.18. The number of rotatable bonds is 9. The highest BCUT2D eigenvalue weighted by Gasteiger charge is 2.07. The number of hydrogen-bond donors (Lipinski definition) is 2. The van der Waals surface area contributed by atoms with Crippen LogP contribution in [0.4, 0.5) is 0 Å². The molecule has 0 unspecified atom stereocenters. The largest absolute Gasteiger partial charge is 0.483 e. The minimum absolute atomic E-state index is 0.0219. The second kappa shape index (κ2) is 9.73. The fourth-order valence-electron chi connectivity index (χ4n) is 2.28. The summed E-state index contributed by atoms with van der Waals surface area (Å²) in [5, 5.41) is 6.26. The summed E-state index contributed by atoms with van der Waals surface area (Å²) in [7, 11) is 0. The van der Waals surface area contributed by atoms with Gasteiger partial charge in [-0.1, -0.05) is 62.4 Å². The molecule has 4 heteroatoms. The van der Waals surface area contributed by atoms with Crippen molar-refractivity contribution < 1.29 is 9.53 Å². The van der Waals surface area contributed by atoms with Gasteiger partial charge in [0, 0.05) is 18.7 Å². The van der Waals surface area contributed by atoms with Crippen molar-refractivity contribution in [2.24, 2.45) is 5.92 Å². The van der Waals surface area contributed by atoms with E-state index in [4.69, 9.17) is 4.74 Å². The van der Waals surface area contributed by atoms with E-state index in [2.05, 4.69) is 24.5 Å². The molecular weight excluding hydrogens is 300 g/mol. The van der Waals surface area contributed by atoms with Crippen molar-refractivity contribution in [3.63, 3.8) is 0 Å². The highest BCUT2D eigenvalue weighted by molar-refractivity contribution is 5.77. The minimum Gasteiger partial charge on any atom is -0.483 e. The van der Waals surface area contributed by atoms with Crippen molar-refractivity contribution in [3.8, 4) is 5.75 Å². The molecule has 128 valence electrons. The van der Waals surface area contributed by atoms with Crippen LogP contribution in [0.5, 0.6) is 5.75 Å². The molecule has 24 heavy (non-hydrogen) atoms. The van der Waals surface area contributed by atoms with Crippen molar-refractivity contribution in [2.45, 2.75) is 26.9 Å². The predicted octanol–water partition coefficient (Wildman–Crippen LogP) is 3.13. The Morgan fingerprint density at radius 2 is 1.71 bits per heavy atom. The van der Waals surface area contributed by atoms with Gasteiger partial charge in [0.2, 0.25) is 0 Å². The molecule has 0 aliphatic heterocycles. The number of benzene rings is 2. The SMILES string of the molecule is CC(C)CNCc1ccccc1OCC(=O)NCc1ccccc1. The number of amides is 1. The van der Waals surface area contributed by atoms with Gasteiger partial charge in [-0.15, -0.1) is 0 Å². The van der Waals surface area contributed by atoms with E-state index >= 15 is 0 Å². The van der Waals surface area contributed by atoms with Gasteiger partial charge < -0.3 is 15.4 Å². The maximum atomic E-state index is 12.0. The molecule has 4 nitrogen and oxygen atoms in total. The van der Waals surface area contributed by atoms with Crippen LogP contribution < -0.4 is 15.4 Å². The third kappa shape index (κ3) is 6.42. The average molecular weight is 326 g/mol. The van der Waals surface area contributed by atoms with Crippen molar-refractivity contribution in [2.75, 3.05) is 13.2 Å². The summed E-state index contributed by atoms with van der Waals surface area (Å²) in [6.45, 7) is 6.57. The van der Waals surface area contributed by atoms with Crippen LogP contribution in [-0.4, -0.2) is 19.1 Å². The lowest BCUT2D eigenvalue weighted by atomic mass is 10.2. The zero-order valence-electron chi connectivity index (χ0n) is 14.4. The average Bonchev–Trinajstić information content (AvgIpc) is 2.59. The third-order valence-corrected chi connectivity index (χ3v) is 3.53. The Balaban J connectivity index is 1.79. The van der Waals surface area contributed by atoms with E-state index in [9.17, 15) is 4.79 Å². The molecule has 0 aliphatic rings. The number of nitrogens with one attached hydrogen (secondary N) is 2. The first-order chi connectivity index (χ1) is 11.6. The lowest BCUT2D eigenvalue weighted by molar-refractivity contribution is -0.123. The van der Waals surface area contributed by atoms with E-state index in [1.807, 2.05) is 54.6 Å². The van der Waals surface area contributed by atoms with Crippen LogP contribution in [0.3, 0.4) is 0 Å².